The summed E-state index contributed by atoms with van der Waals surface area (Å²) in [7, 11) is 0. The van der Waals surface area contributed by atoms with E-state index >= 15 is 0 Å². The standard InChI is InChI=1S/C45H31NS/c1-45(2)41-13-7-5-11-36(41)37-23-19-31(26-42(37)45)46(32-20-24-39-38-12-6-8-14-43(38)47-44(39)27-32)30-18-15-29-17-21-34-33-10-4-3-9-28(33)16-22-35(34)40(29)25-30/h3-27H,1-2H3. The van der Waals surface area contributed by atoms with Crippen molar-refractivity contribution in [3.8, 4) is 11.1 Å². The Kier molecular flexibility index (Phi) is 5.57. The molecule has 0 N–H and O–H groups in total. The summed E-state index contributed by atoms with van der Waals surface area (Å²) in [4.78, 5) is 2.46. The van der Waals surface area contributed by atoms with Gasteiger partial charge in [0.25, 0.3) is 0 Å². The van der Waals surface area contributed by atoms with E-state index in [0.717, 1.165) is 5.69 Å². The third-order valence-electron chi connectivity index (χ3n) is 10.4. The first-order valence-electron chi connectivity index (χ1n) is 16.3. The monoisotopic (exact) mass is 617 g/mol. The molecule has 0 radical (unpaired) electrons. The Bertz CT molecular complexity index is 2730. The van der Waals surface area contributed by atoms with E-state index in [0.29, 0.717) is 0 Å². The molecule has 47 heavy (non-hydrogen) atoms. The van der Waals surface area contributed by atoms with E-state index in [2.05, 4.69) is 170 Å². The van der Waals surface area contributed by atoms with Gasteiger partial charge in [0.15, 0.2) is 0 Å². The van der Waals surface area contributed by atoms with Crippen molar-refractivity contribution in [3.05, 3.63) is 163 Å². The molecular formula is C45H31NS. The minimum absolute atomic E-state index is 0.0797. The van der Waals surface area contributed by atoms with Gasteiger partial charge in [0, 0.05) is 42.6 Å². The van der Waals surface area contributed by atoms with E-state index in [1.165, 1.54) is 86.1 Å². The van der Waals surface area contributed by atoms with Gasteiger partial charge in [-0.25, -0.2) is 0 Å². The van der Waals surface area contributed by atoms with Crippen molar-refractivity contribution in [1.29, 1.82) is 0 Å². The van der Waals surface area contributed by atoms with E-state index in [1.807, 2.05) is 11.3 Å². The van der Waals surface area contributed by atoms with Crippen LogP contribution in [0.15, 0.2) is 152 Å². The maximum atomic E-state index is 2.46. The maximum absolute atomic E-state index is 2.46. The fourth-order valence-corrected chi connectivity index (χ4v) is 9.22. The first-order valence-corrected chi connectivity index (χ1v) is 17.2. The molecule has 1 nitrogen and oxygen atoms in total. The Morgan fingerprint density at radius 3 is 1.87 bits per heavy atom. The Morgan fingerprint density at radius 2 is 0.979 bits per heavy atom. The number of anilines is 3. The second-order valence-corrected chi connectivity index (χ2v) is 14.5. The smallest absolute Gasteiger partial charge is 0.0476 e. The molecule has 0 spiro atoms. The minimum Gasteiger partial charge on any atom is -0.310 e. The molecule has 0 saturated carbocycles. The average molecular weight is 618 g/mol. The summed E-state index contributed by atoms with van der Waals surface area (Å²) in [5.41, 5.74) is 8.89. The average Bonchev–Trinajstić information content (AvgIpc) is 3.59. The fraction of sp³-hybridized carbons (Fsp3) is 0.0667. The van der Waals surface area contributed by atoms with Crippen LogP contribution in [0.2, 0.25) is 0 Å². The van der Waals surface area contributed by atoms with Gasteiger partial charge in [-0.3, -0.25) is 0 Å². The molecule has 222 valence electrons. The molecule has 1 aromatic heterocycles. The Labute approximate surface area is 278 Å². The molecule has 0 bridgehead atoms. The quantitative estimate of drug-likeness (QED) is 0.178. The zero-order valence-electron chi connectivity index (χ0n) is 26.3. The van der Waals surface area contributed by atoms with Crippen LogP contribution in [0.25, 0.3) is 63.6 Å². The van der Waals surface area contributed by atoms with Crippen LogP contribution in [0, 0.1) is 0 Å². The van der Waals surface area contributed by atoms with Crippen molar-refractivity contribution >= 4 is 80.9 Å². The predicted molar refractivity (Wildman–Crippen MR) is 204 cm³/mol. The molecule has 0 fully saturated rings. The number of thiophene rings is 1. The van der Waals surface area contributed by atoms with Crippen LogP contribution in [0.4, 0.5) is 17.1 Å². The van der Waals surface area contributed by atoms with Gasteiger partial charge in [-0.05, 0) is 97.0 Å². The molecule has 1 aliphatic rings. The highest BCUT2D eigenvalue weighted by Gasteiger charge is 2.35. The lowest BCUT2D eigenvalue weighted by Crippen LogP contribution is -2.16. The van der Waals surface area contributed by atoms with Crippen molar-refractivity contribution in [3.63, 3.8) is 0 Å². The van der Waals surface area contributed by atoms with Gasteiger partial charge in [-0.1, -0.05) is 123 Å². The van der Waals surface area contributed by atoms with Crippen LogP contribution in [0.5, 0.6) is 0 Å². The number of fused-ring (bicyclic) bond motifs is 11. The summed E-state index contributed by atoms with van der Waals surface area (Å²) < 4.78 is 2.63. The van der Waals surface area contributed by atoms with E-state index in [-0.39, 0.29) is 5.41 Å². The van der Waals surface area contributed by atoms with Crippen molar-refractivity contribution in [1.82, 2.24) is 0 Å². The second kappa shape index (κ2) is 9.78. The number of rotatable bonds is 3. The normalized spacial score (nSPS) is 13.5. The molecular weight excluding hydrogens is 587 g/mol. The van der Waals surface area contributed by atoms with Gasteiger partial charge >= 0.3 is 0 Å². The van der Waals surface area contributed by atoms with Crippen LogP contribution < -0.4 is 4.90 Å². The second-order valence-electron chi connectivity index (χ2n) is 13.4. The van der Waals surface area contributed by atoms with Crippen LogP contribution in [-0.2, 0) is 5.41 Å². The van der Waals surface area contributed by atoms with Crippen molar-refractivity contribution in [2.24, 2.45) is 0 Å². The van der Waals surface area contributed by atoms with Gasteiger partial charge in [0.2, 0.25) is 0 Å². The van der Waals surface area contributed by atoms with Gasteiger partial charge < -0.3 is 4.90 Å². The summed E-state index contributed by atoms with van der Waals surface area (Å²) in [5, 5.41) is 10.3. The molecule has 0 amide bonds. The number of benzene rings is 8. The van der Waals surface area contributed by atoms with Crippen LogP contribution in [-0.4, -0.2) is 0 Å². The first kappa shape index (κ1) is 26.7. The third-order valence-corrected chi connectivity index (χ3v) is 11.6. The molecule has 0 aliphatic heterocycles. The Morgan fingerprint density at radius 1 is 0.404 bits per heavy atom. The number of hydrogen-bond donors (Lipinski definition) is 0. The van der Waals surface area contributed by atoms with Gasteiger partial charge in [0.05, 0.1) is 0 Å². The minimum atomic E-state index is -0.0797. The summed E-state index contributed by atoms with van der Waals surface area (Å²) in [5.74, 6) is 0. The summed E-state index contributed by atoms with van der Waals surface area (Å²) in [6.45, 7) is 4.73. The van der Waals surface area contributed by atoms with E-state index in [4.69, 9.17) is 0 Å². The largest absolute Gasteiger partial charge is 0.310 e. The Balaban J connectivity index is 1.22. The summed E-state index contributed by atoms with van der Waals surface area (Å²) in [6, 6.07) is 56.5. The number of nitrogens with zero attached hydrogens (tertiary/aromatic N) is 1. The zero-order valence-corrected chi connectivity index (χ0v) is 27.1. The van der Waals surface area contributed by atoms with Crippen molar-refractivity contribution < 1.29 is 0 Å². The maximum Gasteiger partial charge on any atom is 0.0476 e. The van der Waals surface area contributed by atoms with E-state index in [9.17, 15) is 0 Å². The molecule has 10 rings (SSSR count). The lowest BCUT2D eigenvalue weighted by molar-refractivity contribution is 0.660. The zero-order chi connectivity index (χ0) is 31.3. The molecule has 9 aromatic rings. The third kappa shape index (κ3) is 3.89. The van der Waals surface area contributed by atoms with E-state index in [1.54, 1.807) is 0 Å². The lowest BCUT2D eigenvalue weighted by atomic mass is 9.82. The highest BCUT2D eigenvalue weighted by Crippen LogP contribution is 2.51. The first-order chi connectivity index (χ1) is 23.0. The van der Waals surface area contributed by atoms with Crippen LogP contribution in [0.3, 0.4) is 0 Å². The molecule has 2 heteroatoms. The summed E-state index contributed by atoms with van der Waals surface area (Å²) >= 11 is 1.87. The topological polar surface area (TPSA) is 3.24 Å². The number of hydrogen-bond acceptors (Lipinski definition) is 2. The molecule has 8 aromatic carbocycles. The highest BCUT2D eigenvalue weighted by atomic mass is 32.1. The van der Waals surface area contributed by atoms with Gasteiger partial charge in [-0.15, -0.1) is 11.3 Å². The van der Waals surface area contributed by atoms with Gasteiger partial charge in [-0.2, -0.15) is 0 Å². The predicted octanol–water partition coefficient (Wildman–Crippen LogP) is 13.3. The van der Waals surface area contributed by atoms with Crippen molar-refractivity contribution in [2.45, 2.75) is 19.3 Å². The fourth-order valence-electron chi connectivity index (χ4n) is 8.08. The molecule has 1 aliphatic carbocycles. The van der Waals surface area contributed by atoms with E-state index < -0.39 is 0 Å². The SMILES string of the molecule is CC1(C)c2ccccc2-c2ccc(N(c3ccc4c(c3)sc3ccccc34)c3ccc4ccc5c6ccccc6ccc5c4c3)cc21. The summed E-state index contributed by atoms with van der Waals surface area (Å²) in [6.07, 6.45) is 0. The Hall–Kier alpha value is -5.44. The molecule has 0 unspecified atom stereocenters. The van der Waals surface area contributed by atoms with Crippen molar-refractivity contribution in [2.75, 3.05) is 4.90 Å². The van der Waals surface area contributed by atoms with Gasteiger partial charge in [0.1, 0.15) is 0 Å². The lowest BCUT2D eigenvalue weighted by Gasteiger charge is -2.28. The highest BCUT2D eigenvalue weighted by molar-refractivity contribution is 7.25. The molecule has 1 heterocycles. The van der Waals surface area contributed by atoms with Crippen LogP contribution in [0.1, 0.15) is 25.0 Å². The van der Waals surface area contributed by atoms with Crippen LogP contribution >= 0.6 is 11.3 Å². The molecule has 0 saturated heterocycles. The molecule has 0 atom stereocenters.